The van der Waals surface area contributed by atoms with E-state index in [0.29, 0.717) is 12.5 Å². The number of hydrogen-bond acceptors (Lipinski definition) is 2. The molecule has 1 spiro atoms. The first-order valence-corrected chi connectivity index (χ1v) is 6.63. The molecule has 94 valence electrons. The second kappa shape index (κ2) is 4.27. The highest BCUT2D eigenvalue weighted by Gasteiger charge is 2.50. The molecule has 0 amide bonds. The van der Waals surface area contributed by atoms with Gasteiger partial charge in [0.25, 0.3) is 0 Å². The van der Waals surface area contributed by atoms with Crippen LogP contribution in [0.25, 0.3) is 0 Å². The van der Waals surface area contributed by atoms with Gasteiger partial charge in [-0.3, -0.25) is 4.79 Å². The standard InChI is InChI=1S/C16H18O2/c1-12-11-18-15(17)16(12)9-5-8-14(10-16)13-6-3-2-4-7-13/h2-4,6-7,14H,1,5,8-11H2/t14-,16-/m1/s1. The summed E-state index contributed by atoms with van der Waals surface area (Å²) in [5.74, 6) is 0.412. The summed E-state index contributed by atoms with van der Waals surface area (Å²) in [7, 11) is 0. The fourth-order valence-electron chi connectivity index (χ4n) is 3.36. The highest BCUT2D eigenvalue weighted by molar-refractivity contribution is 5.83. The zero-order valence-electron chi connectivity index (χ0n) is 10.5. The molecule has 1 saturated carbocycles. The average Bonchev–Trinajstić information content (AvgIpc) is 2.69. The van der Waals surface area contributed by atoms with Crippen molar-refractivity contribution in [2.24, 2.45) is 5.41 Å². The predicted molar refractivity (Wildman–Crippen MR) is 70.2 cm³/mol. The van der Waals surface area contributed by atoms with Crippen molar-refractivity contribution in [3.8, 4) is 0 Å². The maximum absolute atomic E-state index is 12.1. The maximum atomic E-state index is 12.1. The van der Waals surface area contributed by atoms with Gasteiger partial charge in [-0.25, -0.2) is 0 Å². The van der Waals surface area contributed by atoms with Gasteiger partial charge in [0.1, 0.15) is 6.61 Å². The first kappa shape index (κ1) is 11.5. The van der Waals surface area contributed by atoms with Gasteiger partial charge in [0, 0.05) is 0 Å². The van der Waals surface area contributed by atoms with Crippen LogP contribution in [0.2, 0.25) is 0 Å². The lowest BCUT2D eigenvalue weighted by molar-refractivity contribution is -0.147. The summed E-state index contributed by atoms with van der Waals surface area (Å²) < 4.78 is 5.20. The number of rotatable bonds is 1. The molecule has 1 aliphatic carbocycles. The van der Waals surface area contributed by atoms with E-state index < -0.39 is 5.41 Å². The fraction of sp³-hybridized carbons (Fsp3) is 0.438. The Bertz CT molecular complexity index is 459. The highest BCUT2D eigenvalue weighted by Crippen LogP contribution is 2.51. The fourth-order valence-corrected chi connectivity index (χ4v) is 3.36. The number of ether oxygens (including phenoxy) is 1. The molecule has 2 nitrogen and oxygen atoms in total. The molecule has 18 heavy (non-hydrogen) atoms. The third-order valence-corrected chi connectivity index (χ3v) is 4.47. The van der Waals surface area contributed by atoms with Crippen molar-refractivity contribution in [1.82, 2.24) is 0 Å². The van der Waals surface area contributed by atoms with Gasteiger partial charge in [0.05, 0.1) is 5.41 Å². The zero-order chi connectivity index (χ0) is 12.6. The third-order valence-electron chi connectivity index (χ3n) is 4.47. The minimum atomic E-state index is -0.390. The van der Waals surface area contributed by atoms with Gasteiger partial charge in [-0.05, 0) is 36.3 Å². The Hall–Kier alpha value is -1.57. The van der Waals surface area contributed by atoms with Gasteiger partial charge >= 0.3 is 5.97 Å². The number of carbonyl (C=O) groups excluding carboxylic acids is 1. The molecule has 0 bridgehead atoms. The molecule has 0 unspecified atom stereocenters. The SMILES string of the molecule is C=C1COC(=O)[C@@]12CCC[C@@H](c1ccccc1)C2. The van der Waals surface area contributed by atoms with E-state index in [1.165, 1.54) is 5.56 Å². The van der Waals surface area contributed by atoms with Crippen LogP contribution in [0, 0.1) is 5.41 Å². The first-order valence-electron chi connectivity index (χ1n) is 6.63. The molecule has 3 rings (SSSR count). The first-order chi connectivity index (χ1) is 8.72. The molecule has 0 aromatic heterocycles. The summed E-state index contributed by atoms with van der Waals surface area (Å²) in [6, 6.07) is 10.5. The smallest absolute Gasteiger partial charge is 0.316 e. The van der Waals surface area contributed by atoms with Crippen LogP contribution in [0.3, 0.4) is 0 Å². The molecule has 0 N–H and O–H groups in total. The Morgan fingerprint density at radius 3 is 2.72 bits per heavy atom. The summed E-state index contributed by atoms with van der Waals surface area (Å²) in [4.78, 5) is 12.1. The van der Waals surface area contributed by atoms with E-state index in [2.05, 4.69) is 30.8 Å². The van der Waals surface area contributed by atoms with E-state index in [0.717, 1.165) is 31.3 Å². The summed E-state index contributed by atoms with van der Waals surface area (Å²) in [5.41, 5.74) is 1.93. The van der Waals surface area contributed by atoms with Crippen LogP contribution in [0.15, 0.2) is 42.5 Å². The largest absolute Gasteiger partial charge is 0.460 e. The topological polar surface area (TPSA) is 26.3 Å². The van der Waals surface area contributed by atoms with Gasteiger partial charge in [-0.2, -0.15) is 0 Å². The lowest BCUT2D eigenvalue weighted by Crippen LogP contribution is -2.33. The Kier molecular flexibility index (Phi) is 2.73. The van der Waals surface area contributed by atoms with E-state index in [9.17, 15) is 4.79 Å². The summed E-state index contributed by atoms with van der Waals surface area (Å²) in [5, 5.41) is 0. The van der Waals surface area contributed by atoms with Crippen molar-refractivity contribution in [1.29, 1.82) is 0 Å². The van der Waals surface area contributed by atoms with Crippen molar-refractivity contribution >= 4 is 5.97 Å². The molecule has 0 radical (unpaired) electrons. The lowest BCUT2D eigenvalue weighted by atomic mass is 9.65. The molecule has 1 saturated heterocycles. The minimum absolute atomic E-state index is 0.0480. The average molecular weight is 242 g/mol. The van der Waals surface area contributed by atoms with Gasteiger partial charge in [-0.1, -0.05) is 43.3 Å². The molecule has 2 atom stereocenters. The molecular formula is C16H18O2. The summed E-state index contributed by atoms with van der Waals surface area (Å²) >= 11 is 0. The van der Waals surface area contributed by atoms with Crippen LogP contribution in [0.5, 0.6) is 0 Å². The Morgan fingerprint density at radius 2 is 2.06 bits per heavy atom. The second-order valence-corrected chi connectivity index (χ2v) is 5.47. The van der Waals surface area contributed by atoms with Crippen LogP contribution in [-0.4, -0.2) is 12.6 Å². The Labute approximate surface area is 108 Å². The van der Waals surface area contributed by atoms with Crippen molar-refractivity contribution in [3.05, 3.63) is 48.0 Å². The van der Waals surface area contributed by atoms with E-state index in [1.54, 1.807) is 0 Å². The van der Waals surface area contributed by atoms with Gasteiger partial charge in [0.15, 0.2) is 0 Å². The van der Waals surface area contributed by atoms with E-state index in [-0.39, 0.29) is 5.97 Å². The van der Waals surface area contributed by atoms with Crippen molar-refractivity contribution in [2.75, 3.05) is 6.61 Å². The number of cyclic esters (lactones) is 1. The van der Waals surface area contributed by atoms with Gasteiger partial charge in [0.2, 0.25) is 0 Å². The van der Waals surface area contributed by atoms with Crippen molar-refractivity contribution in [2.45, 2.75) is 31.6 Å². The second-order valence-electron chi connectivity index (χ2n) is 5.47. The Balaban J connectivity index is 1.89. The zero-order valence-corrected chi connectivity index (χ0v) is 10.5. The molecule has 2 heteroatoms. The molecular weight excluding hydrogens is 224 g/mol. The molecule has 1 aliphatic heterocycles. The normalized spacial score (nSPS) is 31.7. The summed E-state index contributed by atoms with van der Waals surface area (Å²) in [6.45, 7) is 4.48. The van der Waals surface area contributed by atoms with Crippen molar-refractivity contribution < 1.29 is 9.53 Å². The summed E-state index contributed by atoms with van der Waals surface area (Å²) in [6.07, 6.45) is 4.02. The molecule has 2 aliphatic rings. The minimum Gasteiger partial charge on any atom is -0.460 e. The van der Waals surface area contributed by atoms with Crippen LogP contribution in [0.1, 0.15) is 37.2 Å². The van der Waals surface area contributed by atoms with Crippen LogP contribution < -0.4 is 0 Å². The van der Waals surface area contributed by atoms with Crippen LogP contribution in [-0.2, 0) is 9.53 Å². The quantitative estimate of drug-likeness (QED) is 0.557. The van der Waals surface area contributed by atoms with E-state index in [4.69, 9.17) is 4.74 Å². The Morgan fingerprint density at radius 1 is 1.28 bits per heavy atom. The number of esters is 1. The number of benzene rings is 1. The van der Waals surface area contributed by atoms with E-state index >= 15 is 0 Å². The van der Waals surface area contributed by atoms with E-state index in [1.807, 2.05) is 6.07 Å². The molecule has 2 fully saturated rings. The van der Waals surface area contributed by atoms with Gasteiger partial charge in [-0.15, -0.1) is 0 Å². The molecule has 1 aromatic carbocycles. The predicted octanol–water partition coefficient (Wildman–Crippen LogP) is 3.44. The van der Waals surface area contributed by atoms with Gasteiger partial charge < -0.3 is 4.74 Å². The maximum Gasteiger partial charge on any atom is 0.316 e. The molecule has 1 heterocycles. The lowest BCUT2D eigenvalue weighted by Gasteiger charge is -2.35. The third kappa shape index (κ3) is 1.67. The monoisotopic (exact) mass is 242 g/mol. The van der Waals surface area contributed by atoms with Crippen LogP contribution >= 0.6 is 0 Å². The number of carbonyl (C=O) groups is 1. The highest BCUT2D eigenvalue weighted by atomic mass is 16.5. The van der Waals surface area contributed by atoms with Crippen molar-refractivity contribution in [3.63, 3.8) is 0 Å². The number of hydrogen-bond donors (Lipinski definition) is 0. The van der Waals surface area contributed by atoms with Crippen LogP contribution in [0.4, 0.5) is 0 Å². The molecule has 1 aromatic rings.